The zero-order chi connectivity index (χ0) is 9.90. The largest absolute Gasteiger partial charge is 0.233 e. The highest BCUT2D eigenvalue weighted by Crippen LogP contribution is 2.21. The van der Waals surface area contributed by atoms with Crippen LogP contribution in [-0.2, 0) is 16.6 Å². The maximum Gasteiger partial charge on any atom is 0.233 e. The van der Waals surface area contributed by atoms with Crippen LogP contribution >= 0.6 is 22.9 Å². The third-order valence-corrected chi connectivity index (χ3v) is 3.51. The molecule has 0 spiro atoms. The van der Waals surface area contributed by atoms with Gasteiger partial charge in [-0.15, -0.1) is 11.3 Å². The Morgan fingerprint density at radius 2 is 2.31 bits per heavy atom. The second kappa shape index (κ2) is 4.23. The van der Waals surface area contributed by atoms with Gasteiger partial charge in [0.15, 0.2) is 0 Å². The van der Waals surface area contributed by atoms with E-state index in [1.807, 2.05) is 0 Å². The average molecular weight is 238 g/mol. The molecule has 0 amide bonds. The molecule has 1 N–H and O–H groups in total. The second-order valence-electron chi connectivity index (χ2n) is 2.24. The van der Waals surface area contributed by atoms with E-state index in [-0.39, 0.29) is 6.54 Å². The summed E-state index contributed by atoms with van der Waals surface area (Å²) in [4.78, 5) is 0.871. The molecule has 0 atom stereocenters. The summed E-state index contributed by atoms with van der Waals surface area (Å²) in [5.74, 6) is 0. The smallest absolute Gasteiger partial charge is 0.208 e. The molecule has 13 heavy (non-hydrogen) atoms. The standard InChI is InChI=1S/C7H8ClNO2S2/c1-2-13(10,11)9-5-6-3-4-7(8)12-6/h2-4,9H,1,5H2. The fourth-order valence-corrected chi connectivity index (χ4v) is 2.27. The van der Waals surface area contributed by atoms with E-state index >= 15 is 0 Å². The number of rotatable bonds is 4. The van der Waals surface area contributed by atoms with Gasteiger partial charge in [-0.05, 0) is 12.1 Å². The van der Waals surface area contributed by atoms with E-state index < -0.39 is 10.0 Å². The second-order valence-corrected chi connectivity index (χ2v) is 5.75. The van der Waals surface area contributed by atoms with Crippen molar-refractivity contribution >= 4 is 33.0 Å². The first-order valence-corrected chi connectivity index (χ1v) is 6.14. The first kappa shape index (κ1) is 10.7. The molecule has 6 heteroatoms. The Morgan fingerprint density at radius 3 is 2.77 bits per heavy atom. The lowest BCUT2D eigenvalue weighted by molar-refractivity contribution is 0.591. The molecule has 1 rings (SSSR count). The molecule has 0 fully saturated rings. The third-order valence-electron chi connectivity index (χ3n) is 1.30. The quantitative estimate of drug-likeness (QED) is 0.870. The van der Waals surface area contributed by atoms with Crippen molar-refractivity contribution in [3.8, 4) is 0 Å². The number of hydrogen-bond acceptors (Lipinski definition) is 3. The van der Waals surface area contributed by atoms with Crippen LogP contribution in [-0.4, -0.2) is 8.42 Å². The molecule has 1 aromatic rings. The van der Waals surface area contributed by atoms with Gasteiger partial charge >= 0.3 is 0 Å². The summed E-state index contributed by atoms with van der Waals surface area (Å²) in [6.45, 7) is 3.43. The molecule has 72 valence electrons. The van der Waals surface area contributed by atoms with Crippen molar-refractivity contribution in [1.82, 2.24) is 4.72 Å². The molecule has 0 aliphatic heterocycles. The van der Waals surface area contributed by atoms with E-state index in [9.17, 15) is 8.42 Å². The van der Waals surface area contributed by atoms with Crippen molar-refractivity contribution in [2.75, 3.05) is 0 Å². The Balaban J connectivity index is 2.58. The molecule has 0 aromatic carbocycles. The van der Waals surface area contributed by atoms with Crippen LogP contribution in [0.3, 0.4) is 0 Å². The highest BCUT2D eigenvalue weighted by atomic mass is 35.5. The Hall–Kier alpha value is -0.360. The van der Waals surface area contributed by atoms with Gasteiger partial charge in [-0.3, -0.25) is 0 Å². The van der Waals surface area contributed by atoms with Crippen LogP contribution in [0.5, 0.6) is 0 Å². The highest BCUT2D eigenvalue weighted by Gasteiger charge is 2.04. The summed E-state index contributed by atoms with van der Waals surface area (Å²) in [6.07, 6.45) is 0. The summed E-state index contributed by atoms with van der Waals surface area (Å²) in [6, 6.07) is 3.50. The third kappa shape index (κ3) is 3.48. The van der Waals surface area contributed by atoms with Crippen molar-refractivity contribution in [3.05, 3.63) is 33.3 Å². The molecule has 0 aliphatic rings. The highest BCUT2D eigenvalue weighted by molar-refractivity contribution is 7.92. The molecular weight excluding hydrogens is 230 g/mol. The fraction of sp³-hybridized carbons (Fsp3) is 0.143. The van der Waals surface area contributed by atoms with Gasteiger partial charge in [-0.25, -0.2) is 13.1 Å². The van der Waals surface area contributed by atoms with E-state index in [2.05, 4.69) is 11.3 Å². The van der Waals surface area contributed by atoms with Crippen molar-refractivity contribution in [1.29, 1.82) is 0 Å². The van der Waals surface area contributed by atoms with E-state index in [4.69, 9.17) is 11.6 Å². The van der Waals surface area contributed by atoms with Gasteiger partial charge in [0.1, 0.15) is 0 Å². The lowest BCUT2D eigenvalue weighted by Gasteiger charge is -1.98. The van der Waals surface area contributed by atoms with Crippen molar-refractivity contribution < 1.29 is 8.42 Å². The van der Waals surface area contributed by atoms with Crippen LogP contribution in [0.25, 0.3) is 0 Å². The maximum atomic E-state index is 10.9. The fourth-order valence-electron chi connectivity index (χ4n) is 0.677. The molecule has 0 radical (unpaired) electrons. The van der Waals surface area contributed by atoms with Gasteiger partial charge in [0.05, 0.1) is 4.34 Å². The summed E-state index contributed by atoms with van der Waals surface area (Å²) in [5.41, 5.74) is 0. The number of nitrogens with one attached hydrogen (secondary N) is 1. The van der Waals surface area contributed by atoms with Crippen molar-refractivity contribution in [3.63, 3.8) is 0 Å². The van der Waals surface area contributed by atoms with Gasteiger partial charge in [0, 0.05) is 16.8 Å². The summed E-state index contributed by atoms with van der Waals surface area (Å²) in [7, 11) is -3.33. The molecule has 0 unspecified atom stereocenters. The Kier molecular flexibility index (Phi) is 3.49. The van der Waals surface area contributed by atoms with Crippen molar-refractivity contribution in [2.24, 2.45) is 0 Å². The first-order chi connectivity index (χ1) is 6.03. The van der Waals surface area contributed by atoms with Gasteiger partial charge in [0.25, 0.3) is 0 Å². The molecule has 0 aliphatic carbocycles. The normalized spacial score (nSPS) is 11.5. The van der Waals surface area contributed by atoms with E-state index in [0.717, 1.165) is 10.3 Å². The van der Waals surface area contributed by atoms with Crippen LogP contribution in [0.4, 0.5) is 0 Å². The van der Waals surface area contributed by atoms with Gasteiger partial charge < -0.3 is 0 Å². The number of hydrogen-bond donors (Lipinski definition) is 1. The van der Waals surface area contributed by atoms with Crippen LogP contribution < -0.4 is 4.72 Å². The minimum Gasteiger partial charge on any atom is -0.208 e. The van der Waals surface area contributed by atoms with E-state index in [1.54, 1.807) is 12.1 Å². The predicted molar refractivity (Wildman–Crippen MR) is 55.3 cm³/mol. The zero-order valence-electron chi connectivity index (χ0n) is 6.66. The molecule has 0 saturated carbocycles. The molecule has 3 nitrogen and oxygen atoms in total. The molecule has 1 aromatic heterocycles. The van der Waals surface area contributed by atoms with Crippen LogP contribution in [0, 0.1) is 0 Å². The minimum absolute atomic E-state index is 0.256. The summed E-state index contributed by atoms with van der Waals surface area (Å²) < 4.78 is 24.8. The minimum atomic E-state index is -3.33. The van der Waals surface area contributed by atoms with E-state index in [1.165, 1.54) is 11.3 Å². The van der Waals surface area contributed by atoms with E-state index in [0.29, 0.717) is 4.34 Å². The predicted octanol–water partition coefficient (Wildman–Crippen LogP) is 1.96. The monoisotopic (exact) mass is 237 g/mol. The maximum absolute atomic E-state index is 10.9. The van der Waals surface area contributed by atoms with Crippen molar-refractivity contribution in [2.45, 2.75) is 6.54 Å². The lowest BCUT2D eigenvalue weighted by atomic mass is 10.5. The molecule has 0 saturated heterocycles. The van der Waals surface area contributed by atoms with Crippen LogP contribution in [0.2, 0.25) is 4.34 Å². The lowest BCUT2D eigenvalue weighted by Crippen LogP contribution is -2.19. The average Bonchev–Trinajstić information content (AvgIpc) is 2.48. The Bertz CT molecular complexity index is 396. The van der Waals surface area contributed by atoms with Gasteiger partial charge in [-0.1, -0.05) is 18.2 Å². The Morgan fingerprint density at radius 1 is 1.62 bits per heavy atom. The topological polar surface area (TPSA) is 46.2 Å². The first-order valence-electron chi connectivity index (χ1n) is 3.40. The molecular formula is C7H8ClNO2S2. The SMILES string of the molecule is C=CS(=O)(=O)NCc1ccc(Cl)s1. The number of sulfonamides is 1. The van der Waals surface area contributed by atoms with Crippen LogP contribution in [0.1, 0.15) is 4.88 Å². The number of halogens is 1. The van der Waals surface area contributed by atoms with Crippen LogP contribution in [0.15, 0.2) is 24.1 Å². The Labute approximate surface area is 86.1 Å². The number of thiophene rings is 1. The molecule has 1 heterocycles. The van der Waals surface area contributed by atoms with Gasteiger partial charge in [0.2, 0.25) is 10.0 Å². The summed E-state index contributed by atoms with van der Waals surface area (Å²) in [5, 5.41) is 0.877. The van der Waals surface area contributed by atoms with Gasteiger partial charge in [-0.2, -0.15) is 0 Å². The molecule has 0 bridgehead atoms. The summed E-state index contributed by atoms with van der Waals surface area (Å²) >= 11 is 7.01. The zero-order valence-corrected chi connectivity index (χ0v) is 9.05.